The Hall–Kier alpha value is -2.29. The summed E-state index contributed by atoms with van der Waals surface area (Å²) in [5.74, 6) is -3.37. The summed E-state index contributed by atoms with van der Waals surface area (Å²) in [6.07, 6.45) is 0. The number of hydrogen-bond acceptors (Lipinski definition) is 3. The van der Waals surface area contributed by atoms with Gasteiger partial charge in [0.25, 0.3) is 5.91 Å². The molecular weight excluding hydrogens is 531 g/mol. The van der Waals surface area contributed by atoms with Crippen molar-refractivity contribution in [3.8, 4) is 11.5 Å². The molecule has 0 heterocycles. The van der Waals surface area contributed by atoms with Crippen molar-refractivity contribution in [3.05, 3.63) is 84.8 Å². The summed E-state index contributed by atoms with van der Waals surface area (Å²) in [6, 6.07) is 7.38. The van der Waals surface area contributed by atoms with E-state index in [2.05, 4.69) is 5.32 Å². The number of carbonyl (C=O) groups excluding carboxylic acids is 2. The van der Waals surface area contributed by atoms with E-state index in [-0.39, 0.29) is 37.3 Å². The van der Waals surface area contributed by atoms with Crippen molar-refractivity contribution in [2.24, 2.45) is 0 Å². The van der Waals surface area contributed by atoms with Crippen LogP contribution in [0.3, 0.4) is 0 Å². The Balaban J connectivity index is 1.81. The van der Waals surface area contributed by atoms with Crippen LogP contribution in [0, 0.1) is 11.6 Å². The zero-order chi connectivity index (χ0) is 23.6. The topological polar surface area (TPSA) is 67.4 Å². The summed E-state index contributed by atoms with van der Waals surface area (Å²) in [5, 5.41) is 4.10. The highest BCUT2D eigenvalue weighted by Gasteiger charge is 2.22. The first kappa shape index (κ1) is 24.4. The quantitative estimate of drug-likeness (QED) is 0.330. The zero-order valence-corrected chi connectivity index (χ0v) is 19.2. The zero-order valence-electron chi connectivity index (χ0n) is 15.4. The Morgan fingerprint density at radius 1 is 0.812 bits per heavy atom. The van der Waals surface area contributed by atoms with Gasteiger partial charge in [0, 0.05) is 11.1 Å². The fourth-order valence-electron chi connectivity index (χ4n) is 2.46. The second-order valence-corrected chi connectivity index (χ2v) is 8.05. The predicted octanol–water partition coefficient (Wildman–Crippen LogP) is 7.99. The Kier molecular flexibility index (Phi) is 7.69. The van der Waals surface area contributed by atoms with Crippen LogP contribution in [0.4, 0.5) is 19.3 Å². The highest BCUT2D eigenvalue weighted by Crippen LogP contribution is 2.45. The molecule has 3 amide bonds. The number of rotatable bonds is 4. The van der Waals surface area contributed by atoms with Gasteiger partial charge in [-0.2, -0.15) is 0 Å². The van der Waals surface area contributed by atoms with Crippen LogP contribution in [0.15, 0.2) is 42.5 Å². The summed E-state index contributed by atoms with van der Waals surface area (Å²) in [7, 11) is 0. The number of urea groups is 1. The Labute approximate surface area is 205 Å². The lowest BCUT2D eigenvalue weighted by molar-refractivity contribution is 0.0959. The van der Waals surface area contributed by atoms with E-state index in [9.17, 15) is 18.4 Å². The third-order valence-electron chi connectivity index (χ3n) is 3.89. The van der Waals surface area contributed by atoms with Gasteiger partial charge in [0.1, 0.15) is 33.7 Å². The summed E-state index contributed by atoms with van der Waals surface area (Å²) in [6.45, 7) is 0. The SMILES string of the molecule is O=C(NC(=O)c1c(F)cccc1F)Nc1c(Cl)cc(Oc2ccc(Cl)cc2Cl)c(Cl)c1Cl. The molecule has 32 heavy (non-hydrogen) atoms. The number of imide groups is 1. The number of carbonyl (C=O) groups is 2. The van der Waals surface area contributed by atoms with Crippen LogP contribution < -0.4 is 15.4 Å². The van der Waals surface area contributed by atoms with Crippen molar-refractivity contribution in [2.45, 2.75) is 0 Å². The van der Waals surface area contributed by atoms with Crippen molar-refractivity contribution < 1.29 is 23.1 Å². The van der Waals surface area contributed by atoms with Gasteiger partial charge in [0.05, 0.1) is 20.8 Å². The van der Waals surface area contributed by atoms with Crippen molar-refractivity contribution >= 4 is 75.6 Å². The molecule has 0 bridgehead atoms. The van der Waals surface area contributed by atoms with Crippen LogP contribution in [0.5, 0.6) is 11.5 Å². The molecule has 0 saturated heterocycles. The molecule has 166 valence electrons. The molecule has 0 aromatic heterocycles. The fraction of sp³-hybridized carbons (Fsp3) is 0. The first-order valence-corrected chi connectivity index (χ1v) is 10.3. The maximum absolute atomic E-state index is 13.7. The van der Waals surface area contributed by atoms with Crippen LogP contribution in [0.2, 0.25) is 25.1 Å². The highest BCUT2D eigenvalue weighted by molar-refractivity contribution is 6.47. The molecule has 12 heteroatoms. The van der Waals surface area contributed by atoms with Gasteiger partial charge in [0.2, 0.25) is 0 Å². The molecule has 2 N–H and O–H groups in total. The predicted molar refractivity (Wildman–Crippen MR) is 121 cm³/mol. The second kappa shape index (κ2) is 10.1. The van der Waals surface area contributed by atoms with Crippen LogP contribution in [0.1, 0.15) is 10.4 Å². The Bertz CT molecular complexity index is 1220. The molecule has 0 spiro atoms. The van der Waals surface area contributed by atoms with Crippen molar-refractivity contribution in [2.75, 3.05) is 5.32 Å². The molecule has 3 aromatic rings. The van der Waals surface area contributed by atoms with Gasteiger partial charge >= 0.3 is 6.03 Å². The lowest BCUT2D eigenvalue weighted by Gasteiger charge is -2.15. The van der Waals surface area contributed by atoms with Gasteiger partial charge in [-0.05, 0) is 30.3 Å². The number of hydrogen-bond donors (Lipinski definition) is 2. The normalized spacial score (nSPS) is 10.6. The van der Waals surface area contributed by atoms with E-state index < -0.39 is 29.1 Å². The number of anilines is 1. The van der Waals surface area contributed by atoms with Crippen LogP contribution in [-0.2, 0) is 0 Å². The monoisotopic (exact) mass is 538 g/mol. The fourth-order valence-corrected chi connectivity index (χ4v) is 3.63. The lowest BCUT2D eigenvalue weighted by atomic mass is 10.2. The minimum atomic E-state index is -1.31. The first-order chi connectivity index (χ1) is 15.1. The lowest BCUT2D eigenvalue weighted by Crippen LogP contribution is -2.35. The number of benzene rings is 3. The number of halogens is 7. The second-order valence-electron chi connectivity index (χ2n) is 6.04. The maximum Gasteiger partial charge on any atom is 0.326 e. The smallest absolute Gasteiger partial charge is 0.326 e. The average molecular weight is 541 g/mol. The molecule has 0 saturated carbocycles. The van der Waals surface area contributed by atoms with Gasteiger partial charge in [-0.25, -0.2) is 13.6 Å². The number of amides is 3. The summed E-state index contributed by atoms with van der Waals surface area (Å²) < 4.78 is 33.0. The summed E-state index contributed by atoms with van der Waals surface area (Å²) >= 11 is 30.5. The van der Waals surface area contributed by atoms with E-state index in [1.54, 1.807) is 5.32 Å². The molecule has 5 nitrogen and oxygen atoms in total. The van der Waals surface area contributed by atoms with E-state index in [1.807, 2.05) is 0 Å². The molecule has 0 unspecified atom stereocenters. The molecule has 0 radical (unpaired) electrons. The standard InChI is InChI=1S/C20H9Cl5F2N2O3/c21-8-4-5-13(9(22)6-8)32-14-7-10(23)18(17(25)16(14)24)28-20(31)29-19(30)15-11(26)2-1-3-12(15)27/h1-7H,(H2,28,29,30,31). The Morgan fingerprint density at radius 3 is 2.09 bits per heavy atom. The number of ether oxygens (including phenoxy) is 1. The maximum atomic E-state index is 13.7. The molecule has 0 aliphatic heterocycles. The number of nitrogens with one attached hydrogen (secondary N) is 2. The van der Waals surface area contributed by atoms with E-state index in [4.69, 9.17) is 62.7 Å². The van der Waals surface area contributed by atoms with E-state index in [0.717, 1.165) is 18.2 Å². The molecular formula is C20H9Cl5F2N2O3. The van der Waals surface area contributed by atoms with Crippen molar-refractivity contribution in [3.63, 3.8) is 0 Å². The van der Waals surface area contributed by atoms with Crippen LogP contribution in [-0.4, -0.2) is 11.9 Å². The molecule has 0 atom stereocenters. The average Bonchev–Trinajstić information content (AvgIpc) is 2.71. The Morgan fingerprint density at radius 2 is 1.47 bits per heavy atom. The van der Waals surface area contributed by atoms with E-state index in [1.165, 1.54) is 24.3 Å². The van der Waals surface area contributed by atoms with E-state index in [0.29, 0.717) is 5.02 Å². The molecule has 0 aliphatic carbocycles. The van der Waals surface area contributed by atoms with Gasteiger partial charge in [-0.3, -0.25) is 10.1 Å². The van der Waals surface area contributed by atoms with Gasteiger partial charge in [-0.15, -0.1) is 0 Å². The highest BCUT2D eigenvalue weighted by atomic mass is 35.5. The van der Waals surface area contributed by atoms with Gasteiger partial charge < -0.3 is 10.1 Å². The van der Waals surface area contributed by atoms with E-state index >= 15 is 0 Å². The third kappa shape index (κ3) is 5.36. The largest absolute Gasteiger partial charge is 0.454 e. The summed E-state index contributed by atoms with van der Waals surface area (Å²) in [5.41, 5.74) is -1.10. The van der Waals surface area contributed by atoms with Crippen LogP contribution >= 0.6 is 58.0 Å². The minimum Gasteiger partial charge on any atom is -0.454 e. The molecule has 3 aromatic carbocycles. The first-order valence-electron chi connectivity index (χ1n) is 8.45. The molecule has 0 fully saturated rings. The summed E-state index contributed by atoms with van der Waals surface area (Å²) in [4.78, 5) is 24.2. The molecule has 0 aliphatic rings. The minimum absolute atomic E-state index is 0.0151. The molecule has 3 rings (SSSR count). The third-order valence-corrected chi connectivity index (χ3v) is 5.57. The van der Waals surface area contributed by atoms with Gasteiger partial charge in [0.15, 0.2) is 0 Å². The van der Waals surface area contributed by atoms with Crippen molar-refractivity contribution in [1.29, 1.82) is 0 Å². The van der Waals surface area contributed by atoms with Crippen LogP contribution in [0.25, 0.3) is 0 Å². The van der Waals surface area contributed by atoms with Crippen molar-refractivity contribution in [1.82, 2.24) is 5.32 Å². The van der Waals surface area contributed by atoms with Gasteiger partial charge in [-0.1, -0.05) is 64.1 Å².